The lowest BCUT2D eigenvalue weighted by Crippen LogP contribution is -2.40. The number of methoxy groups -OCH3 is 1. The van der Waals surface area contributed by atoms with Crippen molar-refractivity contribution in [2.75, 3.05) is 13.7 Å². The third kappa shape index (κ3) is 3.97. The summed E-state index contributed by atoms with van der Waals surface area (Å²) in [6.45, 7) is 5.31. The molecule has 1 aliphatic heterocycles. The largest absolute Gasteiger partial charge is 0.496 e. The zero-order chi connectivity index (χ0) is 14.4. The van der Waals surface area contributed by atoms with Crippen LogP contribution in [-0.4, -0.2) is 25.9 Å². The zero-order valence-corrected chi connectivity index (χ0v) is 12.9. The molecular weight excluding hydrogens is 250 g/mol. The van der Waals surface area contributed by atoms with Crippen molar-refractivity contribution < 1.29 is 9.47 Å². The summed E-state index contributed by atoms with van der Waals surface area (Å²) in [7, 11) is 1.73. The molecule has 3 atom stereocenters. The SMILES string of the molecule is CCCC1CC(NC(C)c2ccccc2OC)CCO1. The van der Waals surface area contributed by atoms with E-state index >= 15 is 0 Å². The Balaban J connectivity index is 1.95. The number of ether oxygens (including phenoxy) is 2. The summed E-state index contributed by atoms with van der Waals surface area (Å²) in [5.41, 5.74) is 1.23. The first-order valence-electron chi connectivity index (χ1n) is 7.75. The van der Waals surface area contributed by atoms with Gasteiger partial charge in [0.1, 0.15) is 5.75 Å². The van der Waals surface area contributed by atoms with Crippen LogP contribution in [0.1, 0.15) is 51.1 Å². The van der Waals surface area contributed by atoms with E-state index in [2.05, 4.69) is 31.3 Å². The van der Waals surface area contributed by atoms with Crippen molar-refractivity contribution in [3.63, 3.8) is 0 Å². The molecule has 3 nitrogen and oxygen atoms in total. The van der Waals surface area contributed by atoms with Crippen molar-refractivity contribution in [1.82, 2.24) is 5.32 Å². The maximum atomic E-state index is 5.82. The van der Waals surface area contributed by atoms with Gasteiger partial charge in [-0.05, 0) is 32.3 Å². The molecule has 0 aliphatic carbocycles. The van der Waals surface area contributed by atoms with E-state index in [1.807, 2.05) is 12.1 Å². The molecule has 1 aliphatic rings. The zero-order valence-electron chi connectivity index (χ0n) is 12.9. The Morgan fingerprint density at radius 2 is 2.20 bits per heavy atom. The van der Waals surface area contributed by atoms with E-state index in [1.165, 1.54) is 18.4 Å². The van der Waals surface area contributed by atoms with Crippen LogP contribution in [0.4, 0.5) is 0 Å². The lowest BCUT2D eigenvalue weighted by molar-refractivity contribution is -0.00475. The first kappa shape index (κ1) is 15.3. The summed E-state index contributed by atoms with van der Waals surface area (Å²) in [4.78, 5) is 0. The minimum absolute atomic E-state index is 0.302. The normalized spacial score (nSPS) is 24.4. The molecule has 0 bridgehead atoms. The third-order valence-corrected chi connectivity index (χ3v) is 4.07. The van der Waals surface area contributed by atoms with E-state index < -0.39 is 0 Å². The van der Waals surface area contributed by atoms with Crippen LogP contribution in [0, 0.1) is 0 Å². The van der Waals surface area contributed by atoms with E-state index in [1.54, 1.807) is 7.11 Å². The van der Waals surface area contributed by atoms with Gasteiger partial charge in [0.15, 0.2) is 0 Å². The Hall–Kier alpha value is -1.06. The number of nitrogens with one attached hydrogen (secondary N) is 1. The van der Waals surface area contributed by atoms with Gasteiger partial charge in [-0.1, -0.05) is 31.5 Å². The highest BCUT2D eigenvalue weighted by molar-refractivity contribution is 5.35. The summed E-state index contributed by atoms with van der Waals surface area (Å²) in [6, 6.07) is 9.09. The average Bonchev–Trinajstić information content (AvgIpc) is 2.48. The second-order valence-electron chi connectivity index (χ2n) is 5.63. The van der Waals surface area contributed by atoms with Crippen LogP contribution >= 0.6 is 0 Å². The van der Waals surface area contributed by atoms with Crippen LogP contribution < -0.4 is 10.1 Å². The van der Waals surface area contributed by atoms with Crippen molar-refractivity contribution in [3.05, 3.63) is 29.8 Å². The van der Waals surface area contributed by atoms with Gasteiger partial charge in [0.25, 0.3) is 0 Å². The van der Waals surface area contributed by atoms with Gasteiger partial charge in [-0.25, -0.2) is 0 Å². The quantitative estimate of drug-likeness (QED) is 0.860. The fraction of sp³-hybridized carbons (Fsp3) is 0.647. The van der Waals surface area contributed by atoms with Gasteiger partial charge in [0, 0.05) is 24.3 Å². The minimum Gasteiger partial charge on any atom is -0.496 e. The molecule has 0 radical (unpaired) electrons. The summed E-state index contributed by atoms with van der Waals surface area (Å²) in [5.74, 6) is 0.963. The predicted molar refractivity (Wildman–Crippen MR) is 82.2 cm³/mol. The lowest BCUT2D eigenvalue weighted by Gasteiger charge is -2.32. The van der Waals surface area contributed by atoms with Crippen molar-refractivity contribution in [1.29, 1.82) is 0 Å². The number of hydrogen-bond donors (Lipinski definition) is 1. The average molecular weight is 277 g/mol. The molecule has 1 aromatic carbocycles. The van der Waals surface area contributed by atoms with Crippen molar-refractivity contribution in [2.24, 2.45) is 0 Å². The fourth-order valence-corrected chi connectivity index (χ4v) is 3.02. The van der Waals surface area contributed by atoms with Crippen LogP contribution in [-0.2, 0) is 4.74 Å². The van der Waals surface area contributed by atoms with E-state index in [0.29, 0.717) is 18.2 Å². The van der Waals surface area contributed by atoms with E-state index in [9.17, 15) is 0 Å². The lowest BCUT2D eigenvalue weighted by atomic mass is 9.98. The molecule has 2 rings (SSSR count). The van der Waals surface area contributed by atoms with E-state index in [4.69, 9.17) is 9.47 Å². The molecular formula is C17H27NO2. The van der Waals surface area contributed by atoms with Gasteiger partial charge < -0.3 is 14.8 Å². The Labute approximate surface area is 122 Å². The monoisotopic (exact) mass is 277 g/mol. The highest BCUT2D eigenvalue weighted by Crippen LogP contribution is 2.26. The first-order chi connectivity index (χ1) is 9.74. The minimum atomic E-state index is 0.302. The molecule has 112 valence electrons. The Morgan fingerprint density at radius 1 is 1.40 bits per heavy atom. The molecule has 3 unspecified atom stereocenters. The van der Waals surface area contributed by atoms with Gasteiger partial charge in [0.2, 0.25) is 0 Å². The van der Waals surface area contributed by atoms with Gasteiger partial charge >= 0.3 is 0 Å². The van der Waals surface area contributed by atoms with Crippen LogP contribution in [0.2, 0.25) is 0 Å². The van der Waals surface area contributed by atoms with Gasteiger partial charge in [-0.2, -0.15) is 0 Å². The number of para-hydroxylation sites is 1. The third-order valence-electron chi connectivity index (χ3n) is 4.07. The molecule has 0 amide bonds. The Morgan fingerprint density at radius 3 is 2.95 bits per heavy atom. The van der Waals surface area contributed by atoms with E-state index in [0.717, 1.165) is 25.2 Å². The van der Waals surface area contributed by atoms with Crippen LogP contribution in [0.3, 0.4) is 0 Å². The molecule has 1 heterocycles. The van der Waals surface area contributed by atoms with Gasteiger partial charge in [0.05, 0.1) is 13.2 Å². The highest BCUT2D eigenvalue weighted by Gasteiger charge is 2.24. The molecule has 0 saturated carbocycles. The van der Waals surface area contributed by atoms with Crippen molar-refractivity contribution in [3.8, 4) is 5.75 Å². The predicted octanol–water partition coefficient (Wildman–Crippen LogP) is 3.69. The van der Waals surface area contributed by atoms with Crippen LogP contribution in [0.15, 0.2) is 24.3 Å². The number of hydrogen-bond acceptors (Lipinski definition) is 3. The summed E-state index contributed by atoms with van der Waals surface area (Å²) in [6.07, 6.45) is 5.00. The second-order valence-corrected chi connectivity index (χ2v) is 5.63. The van der Waals surface area contributed by atoms with Crippen molar-refractivity contribution in [2.45, 2.75) is 57.7 Å². The molecule has 1 saturated heterocycles. The molecule has 0 aromatic heterocycles. The maximum absolute atomic E-state index is 5.82. The first-order valence-corrected chi connectivity index (χ1v) is 7.75. The van der Waals surface area contributed by atoms with Crippen molar-refractivity contribution >= 4 is 0 Å². The molecule has 20 heavy (non-hydrogen) atoms. The summed E-state index contributed by atoms with van der Waals surface area (Å²) >= 11 is 0. The Bertz CT molecular complexity index is 406. The smallest absolute Gasteiger partial charge is 0.123 e. The van der Waals surface area contributed by atoms with E-state index in [-0.39, 0.29) is 0 Å². The molecule has 3 heteroatoms. The van der Waals surface area contributed by atoms with Gasteiger partial charge in [-0.3, -0.25) is 0 Å². The maximum Gasteiger partial charge on any atom is 0.123 e. The summed E-state index contributed by atoms with van der Waals surface area (Å²) < 4.78 is 11.3. The van der Waals surface area contributed by atoms with Crippen LogP contribution in [0.25, 0.3) is 0 Å². The number of rotatable bonds is 6. The molecule has 1 fully saturated rings. The second kappa shape index (κ2) is 7.65. The van der Waals surface area contributed by atoms with Crippen LogP contribution in [0.5, 0.6) is 5.75 Å². The highest BCUT2D eigenvalue weighted by atomic mass is 16.5. The summed E-state index contributed by atoms with van der Waals surface area (Å²) in [5, 5.41) is 3.74. The molecule has 0 spiro atoms. The number of benzene rings is 1. The topological polar surface area (TPSA) is 30.5 Å². The standard InChI is InChI=1S/C17H27NO2/c1-4-7-15-12-14(10-11-20-15)18-13(2)16-8-5-6-9-17(16)19-3/h5-6,8-9,13-15,18H,4,7,10-12H2,1-3H3. The molecule has 1 aromatic rings. The molecule has 1 N–H and O–H groups in total. The van der Waals surface area contributed by atoms with Gasteiger partial charge in [-0.15, -0.1) is 0 Å². The fourth-order valence-electron chi connectivity index (χ4n) is 3.02. The Kier molecular flexibility index (Phi) is 5.86.